The molecule has 0 aliphatic carbocycles. The summed E-state index contributed by atoms with van der Waals surface area (Å²) in [5.74, 6) is 0.494. The van der Waals surface area contributed by atoms with Gasteiger partial charge in [-0.05, 0) is 13.3 Å². The van der Waals surface area contributed by atoms with Crippen molar-refractivity contribution in [3.8, 4) is 0 Å². The van der Waals surface area contributed by atoms with Crippen LogP contribution in [0, 0.1) is 0 Å². The molecular formula is C8H18N4O2. The number of nitrogens with two attached hydrogens (primary N) is 1. The maximum absolute atomic E-state index is 10.7. The molecule has 0 amide bonds. The number of hydrogen-bond acceptors (Lipinski definition) is 4. The lowest BCUT2D eigenvalue weighted by Gasteiger charge is -2.10. The van der Waals surface area contributed by atoms with Crippen LogP contribution in [-0.2, 0) is 9.63 Å². The zero-order valence-corrected chi connectivity index (χ0v) is 8.83. The minimum absolute atomic E-state index is 0.0356. The maximum Gasteiger partial charge on any atom is 0.215 e. The Kier molecular flexibility index (Phi) is 6.69. The second-order valence-electron chi connectivity index (χ2n) is 2.78. The number of nitrogens with one attached hydrogen (secondary N) is 2. The van der Waals surface area contributed by atoms with Crippen LogP contribution in [0.25, 0.3) is 0 Å². The van der Waals surface area contributed by atoms with E-state index in [1.165, 1.54) is 6.92 Å². The van der Waals surface area contributed by atoms with Crippen molar-refractivity contribution in [2.24, 2.45) is 10.7 Å². The predicted octanol–water partition coefficient (Wildman–Crippen LogP) is -0.981. The second kappa shape index (κ2) is 7.28. The molecule has 0 heterocycles. The van der Waals surface area contributed by atoms with Gasteiger partial charge in [-0.25, -0.2) is 5.48 Å². The van der Waals surface area contributed by atoms with E-state index in [-0.39, 0.29) is 5.78 Å². The topological polar surface area (TPSA) is 88.7 Å². The van der Waals surface area contributed by atoms with E-state index in [0.29, 0.717) is 19.0 Å². The third kappa shape index (κ3) is 5.50. The van der Waals surface area contributed by atoms with Gasteiger partial charge in [0.15, 0.2) is 0 Å². The smallest absolute Gasteiger partial charge is 0.215 e. The van der Waals surface area contributed by atoms with Gasteiger partial charge in [0, 0.05) is 14.1 Å². The fraction of sp³-hybridized carbons (Fsp3) is 0.750. The van der Waals surface area contributed by atoms with Crippen LogP contribution in [0.15, 0.2) is 4.99 Å². The number of hydroxylamine groups is 1. The van der Waals surface area contributed by atoms with Gasteiger partial charge < -0.3 is 11.1 Å². The third-order valence-electron chi connectivity index (χ3n) is 1.68. The number of ketones is 1. The molecule has 1 atom stereocenters. The summed E-state index contributed by atoms with van der Waals surface area (Å²) in [6, 6.07) is -0.451. The van der Waals surface area contributed by atoms with Crippen molar-refractivity contribution in [3.63, 3.8) is 0 Å². The van der Waals surface area contributed by atoms with Crippen LogP contribution >= 0.6 is 0 Å². The molecule has 0 saturated carbocycles. The van der Waals surface area contributed by atoms with E-state index in [1.807, 2.05) is 0 Å². The van der Waals surface area contributed by atoms with Gasteiger partial charge in [-0.2, -0.15) is 0 Å². The fourth-order valence-corrected chi connectivity index (χ4v) is 0.717. The van der Waals surface area contributed by atoms with Crippen LogP contribution in [0.1, 0.15) is 13.3 Å². The summed E-state index contributed by atoms with van der Waals surface area (Å²) in [6.07, 6.45) is 0.489. The SMILES string of the molecule is CN=C(NC)NOCC[C@H](N)C(C)=O. The standard InChI is InChI=1S/C8H18N4O2/c1-6(13)7(9)4-5-14-12-8(10-2)11-3/h7H,4-5,9H2,1-3H3,(H2,10,11,12)/t7-/m0/s1. The molecule has 6 heteroatoms. The van der Waals surface area contributed by atoms with Gasteiger partial charge in [-0.1, -0.05) is 0 Å². The van der Waals surface area contributed by atoms with E-state index in [0.717, 1.165) is 0 Å². The summed E-state index contributed by atoms with van der Waals surface area (Å²) in [4.78, 5) is 19.6. The van der Waals surface area contributed by atoms with Gasteiger partial charge in [-0.15, -0.1) is 0 Å². The first kappa shape index (κ1) is 12.9. The second-order valence-corrected chi connectivity index (χ2v) is 2.78. The van der Waals surface area contributed by atoms with Crippen molar-refractivity contribution < 1.29 is 9.63 Å². The minimum Gasteiger partial charge on any atom is -0.358 e. The first-order valence-electron chi connectivity index (χ1n) is 4.40. The molecule has 0 spiro atoms. The Hall–Kier alpha value is -1.14. The zero-order chi connectivity index (χ0) is 11.0. The number of rotatable bonds is 5. The van der Waals surface area contributed by atoms with Crippen molar-refractivity contribution in [1.29, 1.82) is 0 Å². The van der Waals surface area contributed by atoms with Crippen molar-refractivity contribution >= 4 is 11.7 Å². The van der Waals surface area contributed by atoms with E-state index < -0.39 is 6.04 Å². The summed E-state index contributed by atoms with van der Waals surface area (Å²) in [5.41, 5.74) is 8.08. The van der Waals surface area contributed by atoms with E-state index in [2.05, 4.69) is 15.8 Å². The average molecular weight is 202 g/mol. The molecule has 14 heavy (non-hydrogen) atoms. The van der Waals surface area contributed by atoms with E-state index in [1.54, 1.807) is 14.1 Å². The van der Waals surface area contributed by atoms with E-state index in [9.17, 15) is 4.79 Å². The van der Waals surface area contributed by atoms with Crippen LogP contribution < -0.4 is 16.5 Å². The number of nitrogens with zero attached hydrogens (tertiary/aromatic N) is 1. The highest BCUT2D eigenvalue weighted by Gasteiger charge is 2.07. The van der Waals surface area contributed by atoms with Crippen molar-refractivity contribution in [3.05, 3.63) is 0 Å². The predicted molar refractivity (Wildman–Crippen MR) is 54.8 cm³/mol. The molecule has 0 saturated heterocycles. The molecule has 82 valence electrons. The quantitative estimate of drug-likeness (QED) is 0.231. The molecule has 6 nitrogen and oxygen atoms in total. The zero-order valence-electron chi connectivity index (χ0n) is 8.83. The van der Waals surface area contributed by atoms with Crippen LogP contribution in [0.5, 0.6) is 0 Å². The normalized spacial score (nSPS) is 13.6. The Labute approximate surface area is 83.9 Å². The molecule has 0 radical (unpaired) electrons. The first-order chi connectivity index (χ1) is 6.61. The Morgan fingerprint density at radius 2 is 2.29 bits per heavy atom. The summed E-state index contributed by atoms with van der Waals surface area (Å²) in [5, 5.41) is 2.78. The summed E-state index contributed by atoms with van der Waals surface area (Å²) >= 11 is 0. The molecule has 0 aromatic carbocycles. The third-order valence-corrected chi connectivity index (χ3v) is 1.68. The van der Waals surface area contributed by atoms with E-state index in [4.69, 9.17) is 10.6 Å². The highest BCUT2D eigenvalue weighted by molar-refractivity contribution is 5.81. The molecule has 0 fully saturated rings. The van der Waals surface area contributed by atoms with Gasteiger partial charge in [-0.3, -0.25) is 14.6 Å². The maximum atomic E-state index is 10.7. The lowest BCUT2D eigenvalue weighted by Crippen LogP contribution is -2.36. The van der Waals surface area contributed by atoms with Crippen molar-refractivity contribution in [1.82, 2.24) is 10.8 Å². The minimum atomic E-state index is -0.451. The summed E-state index contributed by atoms with van der Waals surface area (Å²) < 4.78 is 0. The highest BCUT2D eigenvalue weighted by Crippen LogP contribution is 1.89. The Bertz CT molecular complexity index is 206. The summed E-state index contributed by atoms with van der Waals surface area (Å²) in [6.45, 7) is 1.83. The van der Waals surface area contributed by atoms with Gasteiger partial charge in [0.05, 0.1) is 12.6 Å². The number of guanidine groups is 1. The Balaban J connectivity index is 3.51. The molecule has 0 unspecified atom stereocenters. The molecule has 0 aliphatic rings. The lowest BCUT2D eigenvalue weighted by molar-refractivity contribution is -0.118. The average Bonchev–Trinajstić information content (AvgIpc) is 2.17. The van der Waals surface area contributed by atoms with Crippen LogP contribution in [0.3, 0.4) is 0 Å². The molecule has 0 rings (SSSR count). The number of carbonyl (C=O) groups excluding carboxylic acids is 1. The highest BCUT2D eigenvalue weighted by atomic mass is 16.6. The molecule has 4 N–H and O–H groups in total. The monoisotopic (exact) mass is 202 g/mol. The van der Waals surface area contributed by atoms with Gasteiger partial charge in [0.25, 0.3) is 0 Å². The number of carbonyl (C=O) groups is 1. The Morgan fingerprint density at radius 3 is 2.71 bits per heavy atom. The lowest BCUT2D eigenvalue weighted by atomic mass is 10.2. The van der Waals surface area contributed by atoms with Crippen LogP contribution in [-0.4, -0.2) is 38.5 Å². The largest absolute Gasteiger partial charge is 0.358 e. The Morgan fingerprint density at radius 1 is 1.64 bits per heavy atom. The molecular weight excluding hydrogens is 184 g/mol. The molecule has 0 aromatic rings. The molecule has 0 bridgehead atoms. The van der Waals surface area contributed by atoms with Gasteiger partial charge in [0.2, 0.25) is 5.96 Å². The summed E-state index contributed by atoms with van der Waals surface area (Å²) in [7, 11) is 3.35. The molecule has 0 aromatic heterocycles. The van der Waals surface area contributed by atoms with Gasteiger partial charge in [0.1, 0.15) is 5.78 Å². The number of aliphatic imine (C=N–C) groups is 1. The van der Waals surface area contributed by atoms with Gasteiger partial charge >= 0.3 is 0 Å². The fourth-order valence-electron chi connectivity index (χ4n) is 0.717. The first-order valence-corrected chi connectivity index (χ1v) is 4.40. The van der Waals surface area contributed by atoms with Crippen molar-refractivity contribution in [2.75, 3.05) is 20.7 Å². The van der Waals surface area contributed by atoms with E-state index >= 15 is 0 Å². The van der Waals surface area contributed by atoms with Crippen LogP contribution in [0.4, 0.5) is 0 Å². The van der Waals surface area contributed by atoms with Crippen LogP contribution in [0.2, 0.25) is 0 Å². The number of hydrogen-bond donors (Lipinski definition) is 3. The molecule has 0 aliphatic heterocycles. The number of Topliss-reactive ketones (excluding diaryl/α,β-unsaturated/α-hetero) is 1. The van der Waals surface area contributed by atoms with Crippen molar-refractivity contribution in [2.45, 2.75) is 19.4 Å².